The van der Waals surface area contributed by atoms with Gasteiger partial charge in [-0.05, 0) is 41.5 Å². The van der Waals surface area contributed by atoms with Gasteiger partial charge in [-0.3, -0.25) is 4.79 Å². The Morgan fingerprint density at radius 1 is 1.04 bits per heavy atom. The molecule has 5 heteroatoms. The number of thioether (sulfide) groups is 1. The van der Waals surface area contributed by atoms with Crippen molar-refractivity contribution in [3.05, 3.63) is 77.9 Å². The average Bonchev–Trinajstić information content (AvgIpc) is 2.62. The van der Waals surface area contributed by atoms with E-state index in [4.69, 9.17) is 0 Å². The van der Waals surface area contributed by atoms with Crippen LogP contribution >= 0.6 is 11.8 Å². The van der Waals surface area contributed by atoms with Crippen molar-refractivity contribution in [2.45, 2.75) is 17.9 Å². The summed E-state index contributed by atoms with van der Waals surface area (Å²) in [7, 11) is 0. The highest BCUT2D eigenvalue weighted by Crippen LogP contribution is 2.25. The van der Waals surface area contributed by atoms with Crippen molar-refractivity contribution in [1.29, 1.82) is 0 Å². The zero-order valence-corrected chi connectivity index (χ0v) is 14.4. The van der Waals surface area contributed by atoms with Gasteiger partial charge in [0, 0.05) is 4.90 Å². The highest BCUT2D eigenvalue weighted by atomic mass is 32.2. The maximum Gasteiger partial charge on any atom is 0.230 e. The Hall–Kier alpha value is -2.40. The SMILES string of the molecule is CC(NC(=O)CSc1ccc(F)c(F)c1)c1cccc2ccccc12. The predicted octanol–water partition coefficient (Wildman–Crippen LogP) is 5.09. The van der Waals surface area contributed by atoms with Crippen LogP contribution < -0.4 is 5.32 Å². The van der Waals surface area contributed by atoms with Gasteiger partial charge >= 0.3 is 0 Å². The van der Waals surface area contributed by atoms with Crippen LogP contribution in [-0.4, -0.2) is 11.7 Å². The summed E-state index contributed by atoms with van der Waals surface area (Å²) in [5.74, 6) is -1.82. The van der Waals surface area contributed by atoms with E-state index in [1.165, 1.54) is 17.8 Å². The van der Waals surface area contributed by atoms with Crippen molar-refractivity contribution in [3.8, 4) is 0 Å². The van der Waals surface area contributed by atoms with E-state index in [1.54, 1.807) is 0 Å². The minimum absolute atomic E-state index is 0.139. The predicted molar refractivity (Wildman–Crippen MR) is 97.6 cm³/mol. The second kappa shape index (κ2) is 7.66. The van der Waals surface area contributed by atoms with E-state index >= 15 is 0 Å². The van der Waals surface area contributed by atoms with E-state index in [9.17, 15) is 13.6 Å². The van der Waals surface area contributed by atoms with Gasteiger partial charge in [0.1, 0.15) is 0 Å². The molecule has 0 aliphatic rings. The summed E-state index contributed by atoms with van der Waals surface area (Å²) >= 11 is 1.17. The molecule has 1 unspecified atom stereocenters. The second-order valence-electron chi connectivity index (χ2n) is 5.72. The van der Waals surface area contributed by atoms with Crippen molar-refractivity contribution in [2.75, 3.05) is 5.75 Å². The van der Waals surface area contributed by atoms with Crippen molar-refractivity contribution >= 4 is 28.4 Å². The molecule has 0 saturated carbocycles. The number of amides is 1. The minimum Gasteiger partial charge on any atom is -0.349 e. The molecule has 1 N–H and O–H groups in total. The summed E-state index contributed by atoms with van der Waals surface area (Å²) in [6, 6.07) is 17.5. The fraction of sp³-hybridized carbons (Fsp3) is 0.150. The lowest BCUT2D eigenvalue weighted by molar-refractivity contribution is -0.119. The molecule has 1 atom stereocenters. The first kappa shape index (κ1) is 17.4. The largest absolute Gasteiger partial charge is 0.349 e. The molecule has 0 spiro atoms. The maximum absolute atomic E-state index is 13.2. The third-order valence-electron chi connectivity index (χ3n) is 3.93. The molecular weight excluding hydrogens is 340 g/mol. The first-order chi connectivity index (χ1) is 12.0. The quantitative estimate of drug-likeness (QED) is 0.645. The molecule has 0 aliphatic heterocycles. The van der Waals surface area contributed by atoms with Crippen LogP contribution in [0.2, 0.25) is 0 Å². The molecule has 0 aliphatic carbocycles. The molecule has 1 amide bonds. The van der Waals surface area contributed by atoms with E-state index in [-0.39, 0.29) is 17.7 Å². The van der Waals surface area contributed by atoms with Gasteiger partial charge in [-0.25, -0.2) is 8.78 Å². The summed E-state index contributed by atoms with van der Waals surface area (Å²) in [6.07, 6.45) is 0. The molecule has 0 fully saturated rings. The Balaban J connectivity index is 1.64. The smallest absolute Gasteiger partial charge is 0.230 e. The zero-order valence-electron chi connectivity index (χ0n) is 13.6. The lowest BCUT2D eigenvalue weighted by Gasteiger charge is -2.16. The number of fused-ring (bicyclic) bond motifs is 1. The lowest BCUT2D eigenvalue weighted by Crippen LogP contribution is -2.28. The molecule has 0 aromatic heterocycles. The minimum atomic E-state index is -0.908. The van der Waals surface area contributed by atoms with Gasteiger partial charge in [-0.1, -0.05) is 42.5 Å². The van der Waals surface area contributed by atoms with Gasteiger partial charge in [-0.15, -0.1) is 11.8 Å². The topological polar surface area (TPSA) is 29.1 Å². The summed E-state index contributed by atoms with van der Waals surface area (Å²) in [5, 5.41) is 5.18. The van der Waals surface area contributed by atoms with Crippen molar-refractivity contribution < 1.29 is 13.6 Å². The lowest BCUT2D eigenvalue weighted by atomic mass is 10.00. The molecule has 0 radical (unpaired) electrons. The van der Waals surface area contributed by atoms with Gasteiger partial charge in [0.05, 0.1) is 11.8 Å². The second-order valence-corrected chi connectivity index (χ2v) is 6.77. The highest BCUT2D eigenvalue weighted by molar-refractivity contribution is 8.00. The fourth-order valence-electron chi connectivity index (χ4n) is 2.70. The number of nitrogens with one attached hydrogen (secondary N) is 1. The zero-order chi connectivity index (χ0) is 17.8. The van der Waals surface area contributed by atoms with Crippen LogP contribution in [0.25, 0.3) is 10.8 Å². The summed E-state index contributed by atoms with van der Waals surface area (Å²) in [4.78, 5) is 12.7. The standard InChI is InChI=1S/C20H17F2NOS/c1-13(16-8-4-6-14-5-2-3-7-17(14)16)23-20(24)12-25-15-9-10-18(21)19(22)11-15/h2-11,13H,12H2,1H3,(H,23,24). The average molecular weight is 357 g/mol. The Morgan fingerprint density at radius 3 is 2.60 bits per heavy atom. The third kappa shape index (κ3) is 4.17. The normalized spacial score (nSPS) is 12.1. The Bertz CT molecular complexity index is 908. The molecular formula is C20H17F2NOS. The van der Waals surface area contributed by atoms with E-state index in [0.717, 1.165) is 28.5 Å². The molecule has 2 nitrogen and oxygen atoms in total. The molecule has 0 bridgehead atoms. The molecule has 0 heterocycles. The molecule has 3 aromatic rings. The van der Waals surface area contributed by atoms with Gasteiger partial charge in [0.15, 0.2) is 11.6 Å². The third-order valence-corrected chi connectivity index (χ3v) is 4.92. The van der Waals surface area contributed by atoms with Gasteiger partial charge in [0.2, 0.25) is 5.91 Å². The molecule has 0 saturated heterocycles. The number of benzene rings is 3. The van der Waals surface area contributed by atoms with Crippen LogP contribution in [0.15, 0.2) is 65.6 Å². The fourth-order valence-corrected chi connectivity index (χ4v) is 3.44. The number of hydrogen-bond donors (Lipinski definition) is 1. The van der Waals surface area contributed by atoms with Crippen molar-refractivity contribution in [1.82, 2.24) is 5.32 Å². The first-order valence-electron chi connectivity index (χ1n) is 7.89. The van der Waals surface area contributed by atoms with Gasteiger partial charge in [0.25, 0.3) is 0 Å². The maximum atomic E-state index is 13.2. The van der Waals surface area contributed by atoms with Crippen LogP contribution in [0.1, 0.15) is 18.5 Å². The molecule has 3 rings (SSSR count). The van der Waals surface area contributed by atoms with Gasteiger partial charge < -0.3 is 5.32 Å². The van der Waals surface area contributed by atoms with E-state index < -0.39 is 11.6 Å². The van der Waals surface area contributed by atoms with Crippen LogP contribution in [0, 0.1) is 11.6 Å². The van der Waals surface area contributed by atoms with E-state index in [1.807, 2.05) is 49.4 Å². The molecule has 25 heavy (non-hydrogen) atoms. The summed E-state index contributed by atoms with van der Waals surface area (Å²) < 4.78 is 26.1. The molecule has 3 aromatic carbocycles. The number of halogens is 2. The van der Waals surface area contributed by atoms with Crippen LogP contribution in [0.3, 0.4) is 0 Å². The summed E-state index contributed by atoms with van der Waals surface area (Å²) in [6.45, 7) is 1.93. The van der Waals surface area contributed by atoms with Crippen LogP contribution in [0.4, 0.5) is 8.78 Å². The highest BCUT2D eigenvalue weighted by Gasteiger charge is 2.13. The first-order valence-corrected chi connectivity index (χ1v) is 8.88. The number of carbonyl (C=O) groups is 1. The van der Waals surface area contributed by atoms with Crippen LogP contribution in [0.5, 0.6) is 0 Å². The van der Waals surface area contributed by atoms with Crippen molar-refractivity contribution in [3.63, 3.8) is 0 Å². The van der Waals surface area contributed by atoms with Crippen LogP contribution in [-0.2, 0) is 4.79 Å². The summed E-state index contributed by atoms with van der Waals surface area (Å²) in [5.41, 5.74) is 1.05. The molecule has 128 valence electrons. The van der Waals surface area contributed by atoms with Crippen molar-refractivity contribution in [2.24, 2.45) is 0 Å². The van der Waals surface area contributed by atoms with E-state index in [0.29, 0.717) is 4.90 Å². The number of rotatable bonds is 5. The Kier molecular flexibility index (Phi) is 5.34. The van der Waals surface area contributed by atoms with E-state index in [2.05, 4.69) is 5.32 Å². The number of carbonyl (C=O) groups excluding carboxylic acids is 1. The van der Waals surface area contributed by atoms with Gasteiger partial charge in [-0.2, -0.15) is 0 Å². The Labute approximate surface area is 149 Å². The number of hydrogen-bond acceptors (Lipinski definition) is 2. The Morgan fingerprint density at radius 2 is 1.80 bits per heavy atom. The monoisotopic (exact) mass is 357 g/mol.